The summed E-state index contributed by atoms with van der Waals surface area (Å²) in [5.41, 5.74) is 0. The van der Waals surface area contributed by atoms with Crippen LogP contribution in [0.25, 0.3) is 0 Å². The van der Waals surface area contributed by atoms with Gasteiger partial charge in [-0.1, -0.05) is 0 Å². The molecule has 0 unspecified atom stereocenters. The van der Waals surface area contributed by atoms with Crippen LogP contribution in [0.3, 0.4) is 0 Å². The molecule has 0 aromatic carbocycles. The minimum atomic E-state index is -0.212. The molecule has 0 fully saturated rings. The Morgan fingerprint density at radius 3 is 2.05 bits per heavy atom. The number of unbranched alkanes of at least 4 members (excludes halogenated alkanes) is 2. The second kappa shape index (κ2) is 16.4. The van der Waals surface area contributed by atoms with Crippen molar-refractivity contribution in [1.29, 1.82) is 0 Å². The second-order valence-corrected chi connectivity index (χ2v) is 4.97. The molecule has 0 rings (SSSR count). The summed E-state index contributed by atoms with van der Waals surface area (Å²) in [4.78, 5) is 21.9. The lowest BCUT2D eigenvalue weighted by atomic mass is 10.3. The zero-order valence-electron chi connectivity index (χ0n) is 13.6. The van der Waals surface area contributed by atoms with Crippen LogP contribution in [0.1, 0.15) is 39.0 Å². The number of nitrogens with one attached hydrogen (secondary N) is 1. The van der Waals surface area contributed by atoms with Crippen LogP contribution in [0, 0.1) is 6.92 Å². The predicted molar refractivity (Wildman–Crippen MR) is 83.5 cm³/mol. The molecule has 6 nitrogen and oxygen atoms in total. The van der Waals surface area contributed by atoms with Gasteiger partial charge in [0.05, 0.1) is 0 Å². The molecule has 2 radical (unpaired) electrons. The van der Waals surface area contributed by atoms with Crippen LogP contribution in [0.5, 0.6) is 0 Å². The van der Waals surface area contributed by atoms with Gasteiger partial charge < -0.3 is 19.5 Å². The van der Waals surface area contributed by atoms with E-state index in [1.807, 2.05) is 0 Å². The van der Waals surface area contributed by atoms with Crippen molar-refractivity contribution in [2.24, 2.45) is 0 Å². The highest BCUT2D eigenvalue weighted by Crippen LogP contribution is 1.94. The zero-order valence-corrected chi connectivity index (χ0v) is 13.6. The summed E-state index contributed by atoms with van der Waals surface area (Å²) < 4.78 is 15.7. The molecule has 0 aliphatic carbocycles. The molecule has 0 aliphatic rings. The van der Waals surface area contributed by atoms with Gasteiger partial charge in [-0.3, -0.25) is 9.59 Å². The predicted octanol–water partition coefficient (Wildman–Crippen LogP) is 1.40. The highest BCUT2D eigenvalue weighted by molar-refractivity contribution is 5.79. The van der Waals surface area contributed by atoms with E-state index in [1.165, 1.54) is 6.92 Å². The summed E-state index contributed by atoms with van der Waals surface area (Å²) in [6.07, 6.45) is 4.28. The van der Waals surface area contributed by atoms with Crippen molar-refractivity contribution in [3.05, 3.63) is 6.92 Å². The Kier molecular flexibility index (Phi) is 15.7. The molecular formula is C16H29NO5. The number of amides is 1. The van der Waals surface area contributed by atoms with E-state index < -0.39 is 0 Å². The summed E-state index contributed by atoms with van der Waals surface area (Å²) in [7, 11) is 0. The van der Waals surface area contributed by atoms with Gasteiger partial charge in [0.25, 0.3) is 0 Å². The van der Waals surface area contributed by atoms with Crippen molar-refractivity contribution in [2.75, 3.05) is 46.2 Å². The summed E-state index contributed by atoms with van der Waals surface area (Å²) in [5, 5.41) is 2.70. The first-order chi connectivity index (χ1) is 10.7. The van der Waals surface area contributed by atoms with Crippen molar-refractivity contribution in [3.63, 3.8) is 0 Å². The molecule has 1 N–H and O–H groups in total. The molecular weight excluding hydrogens is 286 g/mol. The SMILES string of the molecule is [CH]CCCOCCCCOCCCNC(=O)COCC(C)=O. The van der Waals surface area contributed by atoms with Gasteiger partial charge in [-0.25, -0.2) is 0 Å². The van der Waals surface area contributed by atoms with Gasteiger partial charge in [-0.05, 0) is 46.0 Å². The van der Waals surface area contributed by atoms with Gasteiger partial charge in [0.15, 0.2) is 5.78 Å². The normalized spacial score (nSPS) is 10.6. The van der Waals surface area contributed by atoms with Gasteiger partial charge in [-0.2, -0.15) is 0 Å². The largest absolute Gasteiger partial charge is 0.381 e. The highest BCUT2D eigenvalue weighted by Gasteiger charge is 2.01. The molecule has 0 bridgehead atoms. The fourth-order valence-corrected chi connectivity index (χ4v) is 1.54. The first-order valence-electron chi connectivity index (χ1n) is 7.86. The van der Waals surface area contributed by atoms with Crippen molar-refractivity contribution < 1.29 is 23.8 Å². The Labute approximate surface area is 133 Å². The highest BCUT2D eigenvalue weighted by atomic mass is 16.5. The molecule has 1 amide bonds. The first-order valence-corrected chi connectivity index (χ1v) is 7.86. The first kappa shape index (κ1) is 21.0. The minimum absolute atomic E-state index is 0.0214. The molecule has 0 aromatic heterocycles. The molecule has 0 aromatic rings. The Hall–Kier alpha value is -0.980. The van der Waals surface area contributed by atoms with E-state index in [9.17, 15) is 9.59 Å². The quantitative estimate of drug-likeness (QED) is 0.436. The van der Waals surface area contributed by atoms with Crippen LogP contribution in [-0.4, -0.2) is 57.9 Å². The number of carbonyl (C=O) groups is 2. The van der Waals surface area contributed by atoms with Gasteiger partial charge in [0.2, 0.25) is 5.91 Å². The zero-order chi connectivity index (χ0) is 16.5. The fourth-order valence-electron chi connectivity index (χ4n) is 1.54. The van der Waals surface area contributed by atoms with Crippen LogP contribution < -0.4 is 5.32 Å². The van der Waals surface area contributed by atoms with E-state index in [4.69, 9.17) is 21.1 Å². The maximum atomic E-state index is 11.3. The second-order valence-electron chi connectivity index (χ2n) is 4.97. The minimum Gasteiger partial charge on any atom is -0.381 e. The molecule has 0 saturated carbocycles. The van der Waals surface area contributed by atoms with Crippen molar-refractivity contribution in [1.82, 2.24) is 5.32 Å². The number of hydrogen-bond acceptors (Lipinski definition) is 5. The number of hydrogen-bond donors (Lipinski definition) is 1. The third kappa shape index (κ3) is 17.1. The molecule has 0 atom stereocenters. The molecule has 0 saturated heterocycles. The summed E-state index contributed by atoms with van der Waals surface area (Å²) in [6.45, 7) is 10.0. The van der Waals surface area contributed by atoms with E-state index in [0.717, 1.165) is 38.9 Å². The smallest absolute Gasteiger partial charge is 0.246 e. The van der Waals surface area contributed by atoms with Crippen molar-refractivity contribution in [2.45, 2.75) is 39.0 Å². The van der Waals surface area contributed by atoms with E-state index >= 15 is 0 Å². The lowest BCUT2D eigenvalue weighted by Gasteiger charge is -2.07. The molecule has 22 heavy (non-hydrogen) atoms. The molecule has 0 spiro atoms. The topological polar surface area (TPSA) is 73.9 Å². The van der Waals surface area contributed by atoms with E-state index in [1.54, 1.807) is 0 Å². The van der Waals surface area contributed by atoms with Crippen molar-refractivity contribution >= 4 is 11.7 Å². The molecule has 0 aliphatic heterocycles. The average molecular weight is 315 g/mol. The Morgan fingerprint density at radius 1 is 0.864 bits per heavy atom. The van der Waals surface area contributed by atoms with Gasteiger partial charge >= 0.3 is 0 Å². The van der Waals surface area contributed by atoms with Gasteiger partial charge in [0.1, 0.15) is 13.2 Å². The Balaban J connectivity index is 3.13. The summed E-state index contributed by atoms with van der Waals surface area (Å²) in [6, 6.07) is 0. The standard InChI is InChI=1S/C16H29NO5/c1-3-4-9-20-10-5-6-11-21-12-7-8-17-16(19)14-22-13-15(2)18/h1H,3-14H2,2H3,(H,17,19). The lowest BCUT2D eigenvalue weighted by molar-refractivity contribution is -0.129. The van der Waals surface area contributed by atoms with Crippen LogP contribution in [0.4, 0.5) is 0 Å². The summed E-state index contributed by atoms with van der Waals surface area (Å²) in [5.74, 6) is -0.304. The number of carbonyl (C=O) groups excluding carboxylic acids is 2. The maximum Gasteiger partial charge on any atom is 0.246 e. The molecule has 0 heterocycles. The van der Waals surface area contributed by atoms with E-state index in [0.29, 0.717) is 26.2 Å². The Morgan fingerprint density at radius 2 is 1.45 bits per heavy atom. The number of rotatable bonds is 16. The molecule has 6 heteroatoms. The van der Waals surface area contributed by atoms with E-state index in [2.05, 4.69) is 5.32 Å². The van der Waals surface area contributed by atoms with Crippen LogP contribution >= 0.6 is 0 Å². The van der Waals surface area contributed by atoms with Crippen LogP contribution in [0.2, 0.25) is 0 Å². The van der Waals surface area contributed by atoms with Crippen molar-refractivity contribution in [3.8, 4) is 0 Å². The van der Waals surface area contributed by atoms with Gasteiger partial charge in [-0.15, -0.1) is 0 Å². The van der Waals surface area contributed by atoms with Gasteiger partial charge in [0, 0.05) is 33.0 Å². The average Bonchev–Trinajstić information content (AvgIpc) is 2.48. The molecule has 128 valence electrons. The number of ketones is 1. The number of ether oxygens (including phenoxy) is 3. The third-order valence-corrected chi connectivity index (χ3v) is 2.65. The van der Waals surface area contributed by atoms with Crippen LogP contribution in [-0.2, 0) is 23.8 Å². The monoisotopic (exact) mass is 315 g/mol. The fraction of sp³-hybridized carbons (Fsp3) is 0.812. The number of Topliss-reactive ketones (excluding diaryl/α,β-unsaturated/α-hetero) is 1. The van der Waals surface area contributed by atoms with E-state index in [-0.39, 0.29) is 24.9 Å². The maximum absolute atomic E-state index is 11.3. The Bertz CT molecular complexity index is 284. The third-order valence-electron chi connectivity index (χ3n) is 2.65. The summed E-state index contributed by atoms with van der Waals surface area (Å²) >= 11 is 0. The lowest BCUT2D eigenvalue weighted by Crippen LogP contribution is -2.29. The van der Waals surface area contributed by atoms with Crippen LogP contribution in [0.15, 0.2) is 0 Å².